The van der Waals surface area contributed by atoms with Crippen LogP contribution in [0.25, 0.3) is 0 Å². The van der Waals surface area contributed by atoms with Crippen molar-refractivity contribution in [2.24, 2.45) is 0 Å². The molecule has 0 amide bonds. The van der Waals surface area contributed by atoms with Crippen molar-refractivity contribution in [3.63, 3.8) is 0 Å². The number of ether oxygens (including phenoxy) is 1. The van der Waals surface area contributed by atoms with Gasteiger partial charge in [0.05, 0.1) is 10.6 Å². The zero-order valence-electron chi connectivity index (χ0n) is 11.2. The zero-order valence-corrected chi connectivity index (χ0v) is 12.0. The SMILES string of the molecule is CCCNc1cccc(S(=O)(=O)CCOC(C)=O)c1. The first-order valence-corrected chi connectivity index (χ1v) is 7.81. The number of esters is 1. The van der Waals surface area contributed by atoms with E-state index < -0.39 is 15.8 Å². The summed E-state index contributed by atoms with van der Waals surface area (Å²) in [5.41, 5.74) is 0.774. The van der Waals surface area contributed by atoms with Crippen LogP contribution in [-0.4, -0.2) is 33.3 Å². The van der Waals surface area contributed by atoms with Crippen LogP contribution < -0.4 is 5.32 Å². The Morgan fingerprint density at radius 1 is 1.37 bits per heavy atom. The van der Waals surface area contributed by atoms with Gasteiger partial charge in [-0.3, -0.25) is 4.79 Å². The van der Waals surface area contributed by atoms with Gasteiger partial charge in [0.1, 0.15) is 6.61 Å². The van der Waals surface area contributed by atoms with E-state index in [0.29, 0.717) is 0 Å². The molecule has 0 aliphatic heterocycles. The van der Waals surface area contributed by atoms with E-state index in [1.54, 1.807) is 18.2 Å². The summed E-state index contributed by atoms with van der Waals surface area (Å²) in [5, 5.41) is 3.13. The topological polar surface area (TPSA) is 72.5 Å². The summed E-state index contributed by atoms with van der Waals surface area (Å²) in [7, 11) is -3.42. The number of carbonyl (C=O) groups is 1. The second-order valence-corrected chi connectivity index (χ2v) is 6.22. The van der Waals surface area contributed by atoms with Crippen LogP contribution >= 0.6 is 0 Å². The number of rotatable bonds is 7. The summed E-state index contributed by atoms with van der Waals surface area (Å²) in [6.45, 7) is 3.95. The number of sulfone groups is 1. The lowest BCUT2D eigenvalue weighted by Gasteiger charge is -2.08. The van der Waals surface area contributed by atoms with Crippen LogP contribution in [0.5, 0.6) is 0 Å². The standard InChI is InChI=1S/C13H19NO4S/c1-3-7-14-12-5-4-6-13(10-12)19(16,17)9-8-18-11(2)15/h4-6,10,14H,3,7-9H2,1-2H3. The number of hydrogen-bond acceptors (Lipinski definition) is 5. The van der Waals surface area contributed by atoms with E-state index in [9.17, 15) is 13.2 Å². The maximum atomic E-state index is 12.0. The number of nitrogens with one attached hydrogen (secondary N) is 1. The lowest BCUT2D eigenvalue weighted by atomic mass is 10.3. The first kappa shape index (κ1) is 15.5. The fourth-order valence-electron chi connectivity index (χ4n) is 1.48. The van der Waals surface area contributed by atoms with Crippen molar-refractivity contribution >= 4 is 21.5 Å². The number of hydrogen-bond donors (Lipinski definition) is 1. The third kappa shape index (κ3) is 5.30. The first-order chi connectivity index (χ1) is 8.95. The normalized spacial score (nSPS) is 11.1. The molecule has 0 unspecified atom stereocenters. The lowest BCUT2D eigenvalue weighted by molar-refractivity contribution is -0.140. The van der Waals surface area contributed by atoms with E-state index in [1.807, 2.05) is 13.0 Å². The third-order valence-corrected chi connectivity index (χ3v) is 4.11. The highest BCUT2D eigenvalue weighted by molar-refractivity contribution is 7.91. The van der Waals surface area contributed by atoms with Crippen LogP contribution in [0.1, 0.15) is 20.3 Å². The largest absolute Gasteiger partial charge is 0.465 e. The summed E-state index contributed by atoms with van der Waals surface area (Å²) in [6, 6.07) is 6.65. The molecule has 106 valence electrons. The fourth-order valence-corrected chi connectivity index (χ4v) is 2.61. The Balaban J connectivity index is 2.74. The Kier molecular flexibility index (Phi) is 5.82. The average Bonchev–Trinajstić information content (AvgIpc) is 2.36. The van der Waals surface area contributed by atoms with Crippen molar-refractivity contribution < 1.29 is 17.9 Å². The molecule has 0 saturated carbocycles. The second-order valence-electron chi connectivity index (χ2n) is 4.11. The molecular weight excluding hydrogens is 266 g/mol. The molecule has 0 bridgehead atoms. The van der Waals surface area contributed by atoms with Gasteiger partial charge in [0.2, 0.25) is 0 Å². The Hall–Kier alpha value is -1.56. The molecule has 0 aromatic heterocycles. The summed E-state index contributed by atoms with van der Waals surface area (Å²) < 4.78 is 28.7. The molecular formula is C13H19NO4S. The van der Waals surface area contributed by atoms with Crippen LogP contribution in [0.2, 0.25) is 0 Å². The molecule has 0 heterocycles. The van der Waals surface area contributed by atoms with Gasteiger partial charge in [-0.2, -0.15) is 0 Å². The van der Waals surface area contributed by atoms with E-state index >= 15 is 0 Å². The van der Waals surface area contributed by atoms with Crippen molar-refractivity contribution in [2.75, 3.05) is 24.2 Å². The Morgan fingerprint density at radius 2 is 2.11 bits per heavy atom. The smallest absolute Gasteiger partial charge is 0.302 e. The summed E-state index contributed by atoms with van der Waals surface area (Å²) >= 11 is 0. The highest BCUT2D eigenvalue weighted by Gasteiger charge is 2.15. The Morgan fingerprint density at radius 3 is 2.74 bits per heavy atom. The molecule has 1 rings (SSSR count). The van der Waals surface area contributed by atoms with E-state index in [1.165, 1.54) is 6.92 Å². The molecule has 0 aliphatic carbocycles. The van der Waals surface area contributed by atoms with Gasteiger partial charge in [0.25, 0.3) is 0 Å². The number of carbonyl (C=O) groups excluding carboxylic acids is 1. The van der Waals surface area contributed by atoms with Gasteiger partial charge in [-0.1, -0.05) is 13.0 Å². The molecule has 5 nitrogen and oxygen atoms in total. The molecule has 1 N–H and O–H groups in total. The molecule has 0 aliphatic rings. The van der Waals surface area contributed by atoms with Gasteiger partial charge in [0, 0.05) is 19.2 Å². The maximum absolute atomic E-state index is 12.0. The second kappa shape index (κ2) is 7.13. The van der Waals surface area contributed by atoms with Gasteiger partial charge in [-0.05, 0) is 24.6 Å². The van der Waals surface area contributed by atoms with Crippen molar-refractivity contribution in [2.45, 2.75) is 25.2 Å². The quantitative estimate of drug-likeness (QED) is 0.774. The zero-order chi connectivity index (χ0) is 14.3. The fraction of sp³-hybridized carbons (Fsp3) is 0.462. The van der Waals surface area contributed by atoms with Crippen LogP contribution in [-0.2, 0) is 19.4 Å². The monoisotopic (exact) mass is 285 g/mol. The molecule has 0 radical (unpaired) electrons. The molecule has 6 heteroatoms. The van der Waals surface area contributed by atoms with Crippen LogP contribution in [0.3, 0.4) is 0 Å². The Bertz CT molecular complexity index is 525. The average molecular weight is 285 g/mol. The maximum Gasteiger partial charge on any atom is 0.302 e. The van der Waals surface area contributed by atoms with Crippen LogP contribution in [0.4, 0.5) is 5.69 Å². The highest BCUT2D eigenvalue weighted by Crippen LogP contribution is 2.16. The minimum Gasteiger partial charge on any atom is -0.465 e. The minimum atomic E-state index is -3.42. The predicted molar refractivity (Wildman–Crippen MR) is 73.9 cm³/mol. The van der Waals surface area contributed by atoms with E-state index in [0.717, 1.165) is 18.7 Å². The summed E-state index contributed by atoms with van der Waals surface area (Å²) in [5.74, 6) is -0.683. The Labute approximate surface area is 113 Å². The number of anilines is 1. The van der Waals surface area contributed by atoms with Gasteiger partial charge in [0.15, 0.2) is 9.84 Å². The molecule has 0 saturated heterocycles. The molecule has 1 aromatic carbocycles. The molecule has 0 spiro atoms. The van der Waals surface area contributed by atoms with Gasteiger partial charge < -0.3 is 10.1 Å². The van der Waals surface area contributed by atoms with Crippen molar-refractivity contribution in [1.82, 2.24) is 0 Å². The molecule has 19 heavy (non-hydrogen) atoms. The number of benzene rings is 1. The van der Waals surface area contributed by atoms with Gasteiger partial charge >= 0.3 is 5.97 Å². The van der Waals surface area contributed by atoms with E-state index in [4.69, 9.17) is 0 Å². The molecule has 1 aromatic rings. The summed E-state index contributed by atoms with van der Waals surface area (Å²) in [6.07, 6.45) is 0.962. The van der Waals surface area contributed by atoms with E-state index in [-0.39, 0.29) is 17.3 Å². The minimum absolute atomic E-state index is 0.121. The van der Waals surface area contributed by atoms with Crippen molar-refractivity contribution in [1.29, 1.82) is 0 Å². The molecule has 0 fully saturated rings. The summed E-state index contributed by atoms with van der Waals surface area (Å²) in [4.78, 5) is 10.8. The van der Waals surface area contributed by atoms with Crippen molar-refractivity contribution in [3.05, 3.63) is 24.3 Å². The van der Waals surface area contributed by atoms with Gasteiger partial charge in [-0.15, -0.1) is 0 Å². The van der Waals surface area contributed by atoms with Crippen LogP contribution in [0, 0.1) is 0 Å². The molecule has 0 atom stereocenters. The van der Waals surface area contributed by atoms with Crippen molar-refractivity contribution in [3.8, 4) is 0 Å². The first-order valence-electron chi connectivity index (χ1n) is 6.16. The predicted octanol–water partition coefficient (Wildman–Crippen LogP) is 1.85. The van der Waals surface area contributed by atoms with Gasteiger partial charge in [-0.25, -0.2) is 8.42 Å². The van der Waals surface area contributed by atoms with E-state index in [2.05, 4.69) is 10.1 Å². The highest BCUT2D eigenvalue weighted by atomic mass is 32.2. The lowest BCUT2D eigenvalue weighted by Crippen LogP contribution is -2.14. The third-order valence-electron chi connectivity index (χ3n) is 2.43. The van der Waals surface area contributed by atoms with Crippen LogP contribution in [0.15, 0.2) is 29.2 Å².